The Morgan fingerprint density at radius 2 is 1.61 bits per heavy atom. The summed E-state index contributed by atoms with van der Waals surface area (Å²) in [5.74, 6) is 1.31. The monoisotopic (exact) mass is 262 g/mol. The summed E-state index contributed by atoms with van der Waals surface area (Å²) in [6.07, 6.45) is 0. The largest absolute Gasteiger partial charge is 0.497 e. The summed E-state index contributed by atoms with van der Waals surface area (Å²) in [7, 11) is 1.64. The lowest BCUT2D eigenvalue weighted by Crippen LogP contribution is -2.12. The smallest absolute Gasteiger partial charge is 0.131 e. The molecule has 0 aliphatic carbocycles. The van der Waals surface area contributed by atoms with Gasteiger partial charge < -0.3 is 10.5 Å². The molecule has 2 aromatic carbocycles. The number of methoxy groups -OCH3 is 1. The van der Waals surface area contributed by atoms with Crippen molar-refractivity contribution in [1.29, 1.82) is 0 Å². The molecule has 2 N–H and O–H groups in total. The standard InChI is InChI=1S/C14H14N2O.ClH/c1-17-13-9-7-11(8-10-13)14(15)16-12-5-3-2-4-6-12;/h2-10H,1H3,(H2,15,16);1H. The lowest BCUT2D eigenvalue weighted by molar-refractivity contribution is 0.415. The van der Waals surface area contributed by atoms with Crippen molar-refractivity contribution in [3.8, 4) is 5.75 Å². The zero-order valence-corrected chi connectivity index (χ0v) is 10.9. The van der Waals surface area contributed by atoms with E-state index in [1.807, 2.05) is 54.6 Å². The Morgan fingerprint density at radius 1 is 1.00 bits per heavy atom. The maximum absolute atomic E-state index is 5.93. The van der Waals surface area contributed by atoms with Crippen LogP contribution < -0.4 is 10.5 Å². The average Bonchev–Trinajstić information content (AvgIpc) is 2.40. The van der Waals surface area contributed by atoms with Gasteiger partial charge in [-0.3, -0.25) is 0 Å². The molecule has 0 aromatic heterocycles. The summed E-state index contributed by atoms with van der Waals surface area (Å²) in [5, 5.41) is 0. The van der Waals surface area contributed by atoms with E-state index in [4.69, 9.17) is 10.5 Å². The van der Waals surface area contributed by atoms with Crippen molar-refractivity contribution in [3.63, 3.8) is 0 Å². The summed E-state index contributed by atoms with van der Waals surface area (Å²) in [5.41, 5.74) is 7.66. The van der Waals surface area contributed by atoms with Crippen LogP contribution in [0.3, 0.4) is 0 Å². The first-order valence-electron chi connectivity index (χ1n) is 5.33. The van der Waals surface area contributed by atoms with Crippen LogP contribution in [0.4, 0.5) is 5.69 Å². The van der Waals surface area contributed by atoms with Crippen molar-refractivity contribution in [2.45, 2.75) is 0 Å². The molecule has 4 heteroatoms. The topological polar surface area (TPSA) is 47.6 Å². The summed E-state index contributed by atoms with van der Waals surface area (Å²) >= 11 is 0. The molecule has 0 aliphatic rings. The summed E-state index contributed by atoms with van der Waals surface area (Å²) in [4.78, 5) is 4.34. The van der Waals surface area contributed by atoms with E-state index in [2.05, 4.69) is 4.99 Å². The van der Waals surface area contributed by atoms with E-state index >= 15 is 0 Å². The molecule has 94 valence electrons. The number of benzene rings is 2. The number of amidine groups is 1. The number of nitrogens with zero attached hydrogens (tertiary/aromatic N) is 1. The van der Waals surface area contributed by atoms with Crippen LogP contribution in [0.5, 0.6) is 5.75 Å². The molecule has 0 saturated carbocycles. The number of para-hydroxylation sites is 1. The highest BCUT2D eigenvalue weighted by molar-refractivity contribution is 5.99. The van der Waals surface area contributed by atoms with Crippen molar-refractivity contribution >= 4 is 23.9 Å². The van der Waals surface area contributed by atoms with Gasteiger partial charge in [-0.15, -0.1) is 12.4 Å². The van der Waals surface area contributed by atoms with E-state index in [0.29, 0.717) is 5.84 Å². The highest BCUT2D eigenvalue weighted by Crippen LogP contribution is 2.14. The minimum atomic E-state index is 0. The second-order valence-electron chi connectivity index (χ2n) is 3.56. The summed E-state index contributed by atoms with van der Waals surface area (Å²) in [6, 6.07) is 17.1. The molecule has 3 nitrogen and oxygen atoms in total. The predicted octanol–water partition coefficient (Wildman–Crippen LogP) is 3.15. The first kappa shape index (κ1) is 14.1. The molecule has 2 rings (SSSR count). The van der Waals surface area contributed by atoms with Gasteiger partial charge in [-0.2, -0.15) is 0 Å². The third-order valence-electron chi connectivity index (χ3n) is 2.39. The molecule has 0 bridgehead atoms. The molecular formula is C14H15ClN2O. The number of rotatable bonds is 3. The van der Waals surface area contributed by atoms with Crippen LogP contribution in [-0.2, 0) is 0 Å². The molecule has 0 heterocycles. The average molecular weight is 263 g/mol. The van der Waals surface area contributed by atoms with Crippen LogP contribution in [0.1, 0.15) is 5.56 Å². The van der Waals surface area contributed by atoms with Crippen molar-refractivity contribution in [2.75, 3.05) is 7.11 Å². The normalized spacial score (nSPS) is 10.6. The molecule has 2 aromatic rings. The van der Waals surface area contributed by atoms with Crippen LogP contribution in [-0.4, -0.2) is 12.9 Å². The van der Waals surface area contributed by atoms with Crippen LogP contribution >= 0.6 is 12.4 Å². The fraction of sp³-hybridized carbons (Fsp3) is 0.0714. The fourth-order valence-corrected chi connectivity index (χ4v) is 1.47. The zero-order chi connectivity index (χ0) is 12.1. The Balaban J connectivity index is 0.00000162. The van der Waals surface area contributed by atoms with Crippen molar-refractivity contribution in [3.05, 3.63) is 60.2 Å². The van der Waals surface area contributed by atoms with Gasteiger partial charge >= 0.3 is 0 Å². The number of nitrogens with two attached hydrogens (primary N) is 1. The molecule has 0 amide bonds. The Bertz CT molecular complexity index is 509. The van der Waals surface area contributed by atoms with Gasteiger partial charge in [0.05, 0.1) is 12.8 Å². The van der Waals surface area contributed by atoms with E-state index in [-0.39, 0.29) is 12.4 Å². The molecule has 0 spiro atoms. The van der Waals surface area contributed by atoms with E-state index in [9.17, 15) is 0 Å². The van der Waals surface area contributed by atoms with Gasteiger partial charge in [-0.25, -0.2) is 4.99 Å². The van der Waals surface area contributed by atoms with Crippen molar-refractivity contribution in [1.82, 2.24) is 0 Å². The number of ether oxygens (including phenoxy) is 1. The van der Waals surface area contributed by atoms with E-state index in [1.54, 1.807) is 7.11 Å². The highest BCUT2D eigenvalue weighted by atomic mass is 35.5. The van der Waals surface area contributed by atoms with Gasteiger partial charge in [0, 0.05) is 5.56 Å². The minimum Gasteiger partial charge on any atom is -0.497 e. The molecule has 0 unspecified atom stereocenters. The van der Waals surface area contributed by atoms with Crippen molar-refractivity contribution < 1.29 is 4.74 Å². The van der Waals surface area contributed by atoms with Crippen LogP contribution in [0.15, 0.2) is 59.6 Å². The van der Waals surface area contributed by atoms with Gasteiger partial charge in [0.2, 0.25) is 0 Å². The van der Waals surface area contributed by atoms with Crippen LogP contribution in [0, 0.1) is 0 Å². The molecule has 0 radical (unpaired) electrons. The molecule has 0 fully saturated rings. The second kappa shape index (κ2) is 6.67. The maximum Gasteiger partial charge on any atom is 0.131 e. The maximum atomic E-state index is 5.93. The number of hydrogen-bond donors (Lipinski definition) is 1. The second-order valence-corrected chi connectivity index (χ2v) is 3.56. The molecule has 0 atom stereocenters. The van der Waals surface area contributed by atoms with Gasteiger partial charge in [-0.1, -0.05) is 18.2 Å². The first-order chi connectivity index (χ1) is 8.29. The van der Waals surface area contributed by atoms with Gasteiger partial charge in [0.15, 0.2) is 0 Å². The van der Waals surface area contributed by atoms with Crippen molar-refractivity contribution in [2.24, 2.45) is 10.7 Å². The third kappa shape index (κ3) is 3.50. The zero-order valence-electron chi connectivity index (χ0n) is 10.0. The van der Waals surface area contributed by atoms with Gasteiger partial charge in [0.25, 0.3) is 0 Å². The van der Waals surface area contributed by atoms with Crippen LogP contribution in [0.2, 0.25) is 0 Å². The number of aliphatic imine (C=N–C) groups is 1. The van der Waals surface area contributed by atoms with E-state index < -0.39 is 0 Å². The van der Waals surface area contributed by atoms with Gasteiger partial charge in [0.1, 0.15) is 11.6 Å². The Hall–Kier alpha value is -2.00. The quantitative estimate of drug-likeness (QED) is 0.682. The minimum absolute atomic E-state index is 0. The summed E-state index contributed by atoms with van der Waals surface area (Å²) in [6.45, 7) is 0. The first-order valence-corrected chi connectivity index (χ1v) is 5.33. The van der Waals surface area contributed by atoms with E-state index in [1.165, 1.54) is 0 Å². The Morgan fingerprint density at radius 3 is 2.17 bits per heavy atom. The Kier molecular flexibility index (Phi) is 5.21. The van der Waals surface area contributed by atoms with Crippen LogP contribution in [0.25, 0.3) is 0 Å². The Labute approximate surface area is 113 Å². The SMILES string of the molecule is COc1ccc(C(N)=Nc2ccccc2)cc1.Cl. The fourth-order valence-electron chi connectivity index (χ4n) is 1.47. The van der Waals surface area contributed by atoms with Gasteiger partial charge in [-0.05, 0) is 36.4 Å². The summed E-state index contributed by atoms with van der Waals surface area (Å²) < 4.78 is 5.09. The predicted molar refractivity (Wildman–Crippen MR) is 77.1 cm³/mol. The molecule has 0 saturated heterocycles. The highest BCUT2D eigenvalue weighted by Gasteiger charge is 1.99. The third-order valence-corrected chi connectivity index (χ3v) is 2.39. The lowest BCUT2D eigenvalue weighted by atomic mass is 10.2. The number of halogens is 1. The van der Waals surface area contributed by atoms with E-state index in [0.717, 1.165) is 17.0 Å². The number of hydrogen-bond acceptors (Lipinski definition) is 2. The molecule has 0 aliphatic heterocycles. The lowest BCUT2D eigenvalue weighted by Gasteiger charge is -2.03. The molecular weight excluding hydrogens is 248 g/mol. The molecule has 18 heavy (non-hydrogen) atoms.